The number of nitrogens with one attached hydrogen (secondary N) is 1. The summed E-state index contributed by atoms with van der Waals surface area (Å²) in [6.45, 7) is 0.143. The van der Waals surface area contributed by atoms with Gasteiger partial charge in [0, 0.05) is 19.0 Å². The van der Waals surface area contributed by atoms with Gasteiger partial charge in [0.15, 0.2) is 5.65 Å². The molecule has 4 rings (SSSR count). The molecule has 6 nitrogen and oxygen atoms in total. The monoisotopic (exact) mass is 436 g/mol. The van der Waals surface area contributed by atoms with Crippen molar-refractivity contribution in [3.63, 3.8) is 0 Å². The number of imidazole rings is 1. The van der Waals surface area contributed by atoms with Crippen LogP contribution in [0.25, 0.3) is 11.2 Å². The number of carbonyl (C=O) groups is 1. The molecule has 1 unspecified atom stereocenters. The van der Waals surface area contributed by atoms with Gasteiger partial charge in [0.05, 0.1) is 19.2 Å². The minimum Gasteiger partial charge on any atom is -0.394 e. The second-order valence-electron chi connectivity index (χ2n) is 7.44. The molecule has 0 aliphatic rings. The molecule has 164 valence electrons. The lowest BCUT2D eigenvalue weighted by Crippen LogP contribution is -2.31. The maximum atomic E-state index is 13.3. The summed E-state index contributed by atoms with van der Waals surface area (Å²) >= 11 is 0. The van der Waals surface area contributed by atoms with Crippen LogP contribution in [0.15, 0.2) is 66.9 Å². The maximum Gasteiger partial charge on any atom is 0.221 e. The zero-order chi connectivity index (χ0) is 22.5. The quantitative estimate of drug-likeness (QED) is 0.443. The van der Waals surface area contributed by atoms with Crippen LogP contribution in [0, 0.1) is 11.6 Å². The van der Waals surface area contributed by atoms with Crippen molar-refractivity contribution in [2.45, 2.75) is 25.4 Å². The van der Waals surface area contributed by atoms with Gasteiger partial charge in [-0.3, -0.25) is 4.79 Å². The van der Waals surface area contributed by atoms with Crippen LogP contribution in [0.1, 0.15) is 29.4 Å². The summed E-state index contributed by atoms with van der Waals surface area (Å²) in [4.78, 5) is 21.6. The number of halogens is 2. The third kappa shape index (κ3) is 4.97. The number of hydrogen-bond donors (Lipinski definition) is 2. The van der Waals surface area contributed by atoms with Gasteiger partial charge in [-0.1, -0.05) is 24.3 Å². The average Bonchev–Trinajstić information content (AvgIpc) is 3.15. The predicted molar refractivity (Wildman–Crippen MR) is 116 cm³/mol. The summed E-state index contributed by atoms with van der Waals surface area (Å²) in [6.07, 6.45) is 2.17. The Morgan fingerprint density at radius 2 is 1.72 bits per heavy atom. The highest BCUT2D eigenvalue weighted by molar-refractivity contribution is 5.77. The lowest BCUT2D eigenvalue weighted by Gasteiger charge is -2.17. The van der Waals surface area contributed by atoms with E-state index < -0.39 is 6.04 Å². The Bertz CT molecular complexity index is 1210. The highest BCUT2D eigenvalue weighted by atomic mass is 19.1. The van der Waals surface area contributed by atoms with E-state index in [1.165, 1.54) is 36.4 Å². The Morgan fingerprint density at radius 3 is 2.41 bits per heavy atom. The van der Waals surface area contributed by atoms with Gasteiger partial charge in [-0.15, -0.1) is 0 Å². The van der Waals surface area contributed by atoms with E-state index in [0.717, 1.165) is 5.56 Å². The maximum absolute atomic E-state index is 13.3. The standard InChI is InChI=1S/C24H22F2N4O2/c25-18-7-3-16(4-8-18)14-30-22(28-20-2-1-13-27-24(20)30)11-12-23(32)29-21(15-31)17-5-9-19(26)10-6-17/h1-10,13,21,31H,11-12,14-15H2,(H,29,32). The Morgan fingerprint density at radius 1 is 1.03 bits per heavy atom. The first-order chi connectivity index (χ1) is 15.5. The van der Waals surface area contributed by atoms with Crippen molar-refractivity contribution in [3.8, 4) is 0 Å². The number of amides is 1. The molecule has 0 aliphatic heterocycles. The van der Waals surface area contributed by atoms with Crippen LogP contribution in [0.4, 0.5) is 8.78 Å². The van der Waals surface area contributed by atoms with E-state index in [0.29, 0.717) is 35.5 Å². The van der Waals surface area contributed by atoms with Crippen LogP contribution in [0.5, 0.6) is 0 Å². The summed E-state index contributed by atoms with van der Waals surface area (Å²) in [7, 11) is 0. The number of pyridine rings is 1. The normalized spacial score (nSPS) is 12.1. The smallest absolute Gasteiger partial charge is 0.221 e. The number of aliphatic hydroxyl groups excluding tert-OH is 1. The molecule has 2 heterocycles. The van der Waals surface area contributed by atoms with Gasteiger partial charge in [-0.25, -0.2) is 18.7 Å². The van der Waals surface area contributed by atoms with E-state index in [1.807, 2.05) is 10.6 Å². The highest BCUT2D eigenvalue weighted by Gasteiger charge is 2.17. The topological polar surface area (TPSA) is 80.0 Å². The molecule has 0 bridgehead atoms. The zero-order valence-corrected chi connectivity index (χ0v) is 17.2. The fourth-order valence-electron chi connectivity index (χ4n) is 3.56. The molecular formula is C24H22F2N4O2. The van der Waals surface area contributed by atoms with Gasteiger partial charge >= 0.3 is 0 Å². The lowest BCUT2D eigenvalue weighted by atomic mass is 10.1. The number of aromatic nitrogens is 3. The van der Waals surface area contributed by atoms with E-state index in [9.17, 15) is 18.7 Å². The average molecular weight is 436 g/mol. The number of hydrogen-bond acceptors (Lipinski definition) is 4. The van der Waals surface area contributed by atoms with E-state index in [1.54, 1.807) is 24.4 Å². The first kappa shape index (κ1) is 21.6. The molecule has 0 aliphatic carbocycles. The van der Waals surface area contributed by atoms with Crippen molar-refractivity contribution in [2.24, 2.45) is 0 Å². The van der Waals surface area contributed by atoms with Gasteiger partial charge in [-0.2, -0.15) is 0 Å². The van der Waals surface area contributed by atoms with Gasteiger partial charge in [0.1, 0.15) is 23.0 Å². The van der Waals surface area contributed by atoms with E-state index in [2.05, 4.69) is 15.3 Å². The lowest BCUT2D eigenvalue weighted by molar-refractivity contribution is -0.122. The van der Waals surface area contributed by atoms with Crippen molar-refractivity contribution in [1.82, 2.24) is 19.9 Å². The number of rotatable bonds is 8. The van der Waals surface area contributed by atoms with Gasteiger partial charge in [0.25, 0.3) is 0 Å². The summed E-state index contributed by atoms with van der Waals surface area (Å²) < 4.78 is 28.3. The Hall–Kier alpha value is -3.65. The van der Waals surface area contributed by atoms with Crippen molar-refractivity contribution >= 4 is 17.1 Å². The van der Waals surface area contributed by atoms with Crippen LogP contribution in [0.2, 0.25) is 0 Å². The van der Waals surface area contributed by atoms with E-state index >= 15 is 0 Å². The van der Waals surface area contributed by atoms with Crippen molar-refractivity contribution in [1.29, 1.82) is 0 Å². The minimum absolute atomic E-state index is 0.143. The van der Waals surface area contributed by atoms with E-state index in [4.69, 9.17) is 0 Å². The van der Waals surface area contributed by atoms with Crippen LogP contribution < -0.4 is 5.32 Å². The molecule has 1 amide bonds. The molecule has 32 heavy (non-hydrogen) atoms. The van der Waals surface area contributed by atoms with Crippen LogP contribution in [-0.2, 0) is 17.8 Å². The van der Waals surface area contributed by atoms with Gasteiger partial charge < -0.3 is 15.0 Å². The largest absolute Gasteiger partial charge is 0.394 e. The molecule has 1 atom stereocenters. The fraction of sp³-hybridized carbons (Fsp3) is 0.208. The number of benzene rings is 2. The third-order valence-corrected chi connectivity index (χ3v) is 5.20. The first-order valence-corrected chi connectivity index (χ1v) is 10.2. The number of aliphatic hydroxyl groups is 1. The number of fused-ring (bicyclic) bond motifs is 1. The minimum atomic E-state index is -0.622. The molecule has 0 radical (unpaired) electrons. The predicted octanol–water partition coefficient (Wildman–Crippen LogP) is 3.54. The Labute approximate surface area is 183 Å². The molecule has 0 fully saturated rings. The molecular weight excluding hydrogens is 414 g/mol. The molecule has 0 saturated heterocycles. The summed E-state index contributed by atoms with van der Waals surface area (Å²) in [5.74, 6) is -0.272. The SMILES string of the molecule is O=C(CCc1nc2cccnc2n1Cc1ccc(F)cc1)NC(CO)c1ccc(F)cc1. The molecule has 2 aromatic carbocycles. The van der Waals surface area contributed by atoms with E-state index in [-0.39, 0.29) is 30.6 Å². The Balaban J connectivity index is 1.49. The molecule has 2 aromatic heterocycles. The number of aryl methyl sites for hydroxylation is 1. The number of carbonyl (C=O) groups excluding carboxylic acids is 1. The molecule has 0 spiro atoms. The Kier molecular flexibility index (Phi) is 6.51. The van der Waals surface area contributed by atoms with Gasteiger partial charge in [0.2, 0.25) is 5.91 Å². The van der Waals surface area contributed by atoms with Crippen LogP contribution in [-0.4, -0.2) is 32.2 Å². The van der Waals surface area contributed by atoms with Crippen molar-refractivity contribution in [2.75, 3.05) is 6.61 Å². The summed E-state index contributed by atoms with van der Waals surface area (Å²) in [5, 5.41) is 12.4. The van der Waals surface area contributed by atoms with Crippen LogP contribution >= 0.6 is 0 Å². The number of nitrogens with zero attached hydrogens (tertiary/aromatic N) is 3. The zero-order valence-electron chi connectivity index (χ0n) is 17.2. The second-order valence-corrected chi connectivity index (χ2v) is 7.44. The molecule has 8 heteroatoms. The third-order valence-electron chi connectivity index (χ3n) is 5.20. The summed E-state index contributed by atoms with van der Waals surface area (Å²) in [6, 6.07) is 14.9. The molecule has 4 aromatic rings. The molecule has 2 N–H and O–H groups in total. The van der Waals surface area contributed by atoms with Crippen molar-refractivity contribution < 1.29 is 18.7 Å². The summed E-state index contributed by atoms with van der Waals surface area (Å²) in [5.41, 5.74) is 2.91. The highest BCUT2D eigenvalue weighted by Crippen LogP contribution is 2.18. The molecule has 0 saturated carbocycles. The van der Waals surface area contributed by atoms with Gasteiger partial charge in [-0.05, 0) is 47.5 Å². The van der Waals surface area contributed by atoms with Crippen molar-refractivity contribution in [3.05, 3.63) is 95.4 Å². The van der Waals surface area contributed by atoms with Crippen LogP contribution in [0.3, 0.4) is 0 Å². The second kappa shape index (κ2) is 9.65. The first-order valence-electron chi connectivity index (χ1n) is 10.2. The fourth-order valence-corrected chi connectivity index (χ4v) is 3.56.